The Labute approximate surface area is 388 Å². The highest BCUT2D eigenvalue weighted by atomic mass is 16.5. The van der Waals surface area contributed by atoms with Gasteiger partial charge in [-0.05, 0) is 64.2 Å². The summed E-state index contributed by atoms with van der Waals surface area (Å²) >= 11 is 0. The number of carbonyl (C=O) groups is 2. The first-order valence-electron chi connectivity index (χ1n) is 25.7. The molecule has 63 heavy (non-hydrogen) atoms. The maximum atomic E-state index is 13.2. The fourth-order valence-electron chi connectivity index (χ4n) is 7.18. The number of rotatable bonds is 44. The molecule has 0 aromatic heterocycles. The first-order valence-corrected chi connectivity index (χ1v) is 25.7. The highest BCUT2D eigenvalue weighted by molar-refractivity contribution is 5.77. The van der Waals surface area contributed by atoms with Crippen LogP contribution in [-0.4, -0.2) is 46.9 Å². The Morgan fingerprint density at radius 3 is 1.37 bits per heavy atom. The van der Waals surface area contributed by atoms with Crippen LogP contribution < -0.4 is 5.32 Å². The zero-order chi connectivity index (χ0) is 45.9. The molecule has 3 atom stereocenters. The minimum absolute atomic E-state index is 0.0265. The van der Waals surface area contributed by atoms with E-state index < -0.39 is 18.2 Å². The number of allylic oxidation sites excluding steroid dienone is 18. The molecule has 3 unspecified atom stereocenters. The van der Waals surface area contributed by atoms with E-state index in [1.807, 2.05) is 66.8 Å². The Hall–Kier alpha value is -3.48. The normalized spacial score (nSPS) is 14.2. The van der Waals surface area contributed by atoms with Crippen LogP contribution in [0.15, 0.2) is 109 Å². The van der Waals surface area contributed by atoms with Gasteiger partial charge in [-0.25, -0.2) is 0 Å². The third-order valence-corrected chi connectivity index (χ3v) is 11.0. The third kappa shape index (κ3) is 44.9. The van der Waals surface area contributed by atoms with Gasteiger partial charge in [0.2, 0.25) is 5.91 Å². The lowest BCUT2D eigenvalue weighted by molar-refractivity contribution is -0.151. The van der Waals surface area contributed by atoms with Gasteiger partial charge >= 0.3 is 5.97 Å². The number of hydrogen-bond acceptors (Lipinski definition) is 5. The van der Waals surface area contributed by atoms with Crippen LogP contribution in [0.2, 0.25) is 0 Å². The van der Waals surface area contributed by atoms with Gasteiger partial charge in [-0.2, -0.15) is 0 Å². The van der Waals surface area contributed by atoms with E-state index in [1.54, 1.807) is 0 Å². The number of amides is 1. The summed E-state index contributed by atoms with van der Waals surface area (Å²) in [5.74, 6) is -0.572. The summed E-state index contributed by atoms with van der Waals surface area (Å²) in [6.07, 6.45) is 67.1. The molecule has 0 heterocycles. The molecular weight excluding hydrogens is 779 g/mol. The van der Waals surface area contributed by atoms with Gasteiger partial charge in [-0.15, -0.1) is 0 Å². The number of nitrogens with one attached hydrogen (secondary N) is 1. The molecule has 0 spiro atoms. The molecule has 0 aromatic carbocycles. The average Bonchev–Trinajstić information content (AvgIpc) is 3.28. The van der Waals surface area contributed by atoms with Crippen molar-refractivity contribution in [1.82, 2.24) is 5.32 Å². The number of ether oxygens (including phenoxy) is 1. The molecular formula is C57H95NO5. The molecule has 358 valence electrons. The predicted molar refractivity (Wildman–Crippen MR) is 273 cm³/mol. The van der Waals surface area contributed by atoms with Gasteiger partial charge in [0.05, 0.1) is 25.2 Å². The van der Waals surface area contributed by atoms with Crippen molar-refractivity contribution in [3.63, 3.8) is 0 Å². The van der Waals surface area contributed by atoms with Crippen LogP contribution in [0.1, 0.15) is 213 Å². The molecule has 0 radical (unpaired) electrons. The van der Waals surface area contributed by atoms with Crippen LogP contribution >= 0.6 is 0 Å². The summed E-state index contributed by atoms with van der Waals surface area (Å²) in [5, 5.41) is 23.8. The summed E-state index contributed by atoms with van der Waals surface area (Å²) in [4.78, 5) is 26.1. The molecule has 6 nitrogen and oxygen atoms in total. The van der Waals surface area contributed by atoms with Crippen LogP contribution in [0.25, 0.3) is 0 Å². The first kappa shape index (κ1) is 59.5. The SMILES string of the molecule is CC/C=C/C=C/C=C\C=C/CCCCCC(=O)OC(CCCCC/C=C/C=C/C=C/C=C/C=C/CCC)CC(=O)NC(CO)C(O)CCCCCCCCCCCCCCCCC. The lowest BCUT2D eigenvalue weighted by Crippen LogP contribution is -2.46. The molecule has 0 saturated heterocycles. The number of esters is 1. The molecule has 0 fully saturated rings. The molecule has 0 aliphatic rings. The van der Waals surface area contributed by atoms with E-state index in [9.17, 15) is 19.8 Å². The zero-order valence-corrected chi connectivity index (χ0v) is 40.7. The fraction of sp³-hybridized carbons (Fsp3) is 0.649. The smallest absolute Gasteiger partial charge is 0.306 e. The molecule has 0 aliphatic heterocycles. The summed E-state index contributed by atoms with van der Waals surface area (Å²) < 4.78 is 5.89. The number of aliphatic hydroxyl groups is 2. The molecule has 3 N–H and O–H groups in total. The van der Waals surface area contributed by atoms with Crippen molar-refractivity contribution in [1.29, 1.82) is 0 Å². The van der Waals surface area contributed by atoms with E-state index in [4.69, 9.17) is 4.74 Å². The lowest BCUT2D eigenvalue weighted by Gasteiger charge is -2.24. The summed E-state index contributed by atoms with van der Waals surface area (Å²) in [7, 11) is 0. The Balaban J connectivity index is 4.74. The number of carbonyl (C=O) groups excluding carboxylic acids is 2. The quantitative estimate of drug-likeness (QED) is 0.0322. The van der Waals surface area contributed by atoms with Gasteiger partial charge in [0.1, 0.15) is 6.10 Å². The topological polar surface area (TPSA) is 95.9 Å². The molecule has 0 bridgehead atoms. The van der Waals surface area contributed by atoms with Gasteiger partial charge in [-0.1, -0.05) is 246 Å². The minimum atomic E-state index is -0.814. The predicted octanol–water partition coefficient (Wildman–Crippen LogP) is 15.5. The standard InChI is InChI=1S/C57H95NO5/c1-4-7-10-13-16-19-22-25-27-29-31-33-36-39-42-45-48-53(63-57(62)50-47-44-41-38-35-30-24-21-18-15-12-9-6-3)51-56(61)58-54(52-59)55(60)49-46-43-40-37-34-32-28-26-23-20-17-14-11-8-5-2/h9-10,12-13,15-16,18-19,21-22,24-25,27,29-31,33,35,53-55,59-60H,4-8,11,14,17,20,23,26,28,32,34,36-52H2,1-3H3,(H,58,61)/b12-9+,13-10+,18-15+,19-16+,24-21-,25-22+,29-27+,33-31+,35-30-. The molecule has 0 rings (SSSR count). The van der Waals surface area contributed by atoms with E-state index in [0.29, 0.717) is 19.3 Å². The van der Waals surface area contributed by atoms with Crippen molar-refractivity contribution >= 4 is 11.9 Å². The van der Waals surface area contributed by atoms with Crippen LogP contribution in [0, 0.1) is 0 Å². The second-order valence-electron chi connectivity index (χ2n) is 17.0. The molecule has 0 aliphatic carbocycles. The second-order valence-corrected chi connectivity index (χ2v) is 17.0. The Morgan fingerprint density at radius 1 is 0.476 bits per heavy atom. The number of aliphatic hydroxyl groups excluding tert-OH is 2. The number of hydrogen-bond donors (Lipinski definition) is 3. The van der Waals surface area contributed by atoms with Crippen LogP contribution in [0.3, 0.4) is 0 Å². The zero-order valence-electron chi connectivity index (χ0n) is 40.7. The fourth-order valence-corrected chi connectivity index (χ4v) is 7.18. The van der Waals surface area contributed by atoms with Gasteiger partial charge < -0.3 is 20.3 Å². The summed E-state index contributed by atoms with van der Waals surface area (Å²) in [6.45, 7) is 6.23. The number of unbranched alkanes of at least 4 members (excludes halogenated alkanes) is 21. The molecule has 1 amide bonds. The van der Waals surface area contributed by atoms with E-state index in [0.717, 1.165) is 89.9 Å². The van der Waals surface area contributed by atoms with E-state index in [2.05, 4.69) is 68.6 Å². The van der Waals surface area contributed by atoms with Gasteiger partial charge in [0, 0.05) is 6.42 Å². The summed E-state index contributed by atoms with van der Waals surface area (Å²) in [6, 6.07) is -0.732. The second kappa shape index (κ2) is 49.5. The van der Waals surface area contributed by atoms with Crippen LogP contribution in [-0.2, 0) is 14.3 Å². The maximum Gasteiger partial charge on any atom is 0.306 e. The minimum Gasteiger partial charge on any atom is -0.462 e. The van der Waals surface area contributed by atoms with Crippen molar-refractivity contribution in [2.75, 3.05) is 6.61 Å². The van der Waals surface area contributed by atoms with Crippen molar-refractivity contribution in [2.24, 2.45) is 0 Å². The van der Waals surface area contributed by atoms with Crippen LogP contribution in [0.5, 0.6) is 0 Å². The van der Waals surface area contributed by atoms with Gasteiger partial charge in [0.25, 0.3) is 0 Å². The van der Waals surface area contributed by atoms with Gasteiger partial charge in [0.15, 0.2) is 0 Å². The highest BCUT2D eigenvalue weighted by Gasteiger charge is 2.24. The molecule has 6 heteroatoms. The monoisotopic (exact) mass is 874 g/mol. The van der Waals surface area contributed by atoms with E-state index >= 15 is 0 Å². The third-order valence-electron chi connectivity index (χ3n) is 11.0. The Morgan fingerprint density at radius 2 is 0.889 bits per heavy atom. The van der Waals surface area contributed by atoms with Crippen LogP contribution in [0.4, 0.5) is 0 Å². The van der Waals surface area contributed by atoms with Crippen molar-refractivity contribution < 1.29 is 24.5 Å². The van der Waals surface area contributed by atoms with E-state index in [1.165, 1.54) is 77.0 Å². The van der Waals surface area contributed by atoms with Crippen molar-refractivity contribution in [2.45, 2.75) is 232 Å². The Kier molecular flexibility index (Phi) is 46.8. The van der Waals surface area contributed by atoms with E-state index in [-0.39, 0.29) is 24.9 Å². The molecule has 0 saturated carbocycles. The maximum absolute atomic E-state index is 13.2. The first-order chi connectivity index (χ1) is 31.0. The summed E-state index contributed by atoms with van der Waals surface area (Å²) in [5.41, 5.74) is 0. The van der Waals surface area contributed by atoms with Gasteiger partial charge in [-0.3, -0.25) is 9.59 Å². The van der Waals surface area contributed by atoms with Crippen molar-refractivity contribution in [3.8, 4) is 0 Å². The Bertz CT molecular complexity index is 1300. The largest absolute Gasteiger partial charge is 0.462 e. The molecule has 0 aromatic rings. The van der Waals surface area contributed by atoms with Crippen molar-refractivity contribution in [3.05, 3.63) is 109 Å². The lowest BCUT2D eigenvalue weighted by atomic mass is 10.0. The highest BCUT2D eigenvalue weighted by Crippen LogP contribution is 2.17. The average molecular weight is 874 g/mol.